The zero-order chi connectivity index (χ0) is 27.6. The van der Waals surface area contributed by atoms with Gasteiger partial charge in [-0.1, -0.05) is 42.5 Å². The average molecular weight is 528 g/mol. The minimum atomic E-state index is -1.23. The van der Waals surface area contributed by atoms with Crippen LogP contribution in [0.2, 0.25) is 0 Å². The fraction of sp³-hybridized carbons (Fsp3) is 0.235. The number of hydrogen-bond donors (Lipinski definition) is 0. The molecule has 40 heavy (non-hydrogen) atoms. The van der Waals surface area contributed by atoms with Crippen LogP contribution in [-0.2, 0) is 11.8 Å². The average Bonchev–Trinajstić information content (AvgIpc) is 3.55. The quantitative estimate of drug-likeness (QED) is 0.260. The van der Waals surface area contributed by atoms with Gasteiger partial charge in [-0.15, -0.1) is 0 Å². The van der Waals surface area contributed by atoms with Crippen molar-refractivity contribution in [2.45, 2.75) is 45.1 Å². The molecule has 3 heterocycles. The van der Waals surface area contributed by atoms with Gasteiger partial charge in [0.05, 0.1) is 11.7 Å². The molecule has 0 spiro atoms. The van der Waals surface area contributed by atoms with Gasteiger partial charge in [0.25, 0.3) is 0 Å². The third kappa shape index (κ3) is 3.48. The van der Waals surface area contributed by atoms with Crippen molar-refractivity contribution in [3.63, 3.8) is 0 Å². The number of aromatic nitrogens is 2. The number of para-hydroxylation sites is 1. The molecule has 0 N–H and O–H groups in total. The minimum Gasteiger partial charge on any atom is -0.461 e. The maximum absolute atomic E-state index is 13.3. The lowest BCUT2D eigenvalue weighted by molar-refractivity contribution is 0.0712. The first-order valence-electron chi connectivity index (χ1n) is 13.7. The third-order valence-corrected chi connectivity index (χ3v) is 8.54. The Morgan fingerprint density at radius 3 is 2.52 bits per heavy atom. The number of rotatable bonds is 5. The zero-order valence-corrected chi connectivity index (χ0v) is 22.7. The Morgan fingerprint density at radius 2 is 1.77 bits per heavy atom. The van der Waals surface area contributed by atoms with Crippen LogP contribution in [0.3, 0.4) is 0 Å². The van der Waals surface area contributed by atoms with Gasteiger partial charge in [-0.05, 0) is 69.7 Å². The van der Waals surface area contributed by atoms with E-state index in [4.69, 9.17) is 9.40 Å². The summed E-state index contributed by atoms with van der Waals surface area (Å²) >= 11 is 0. The summed E-state index contributed by atoms with van der Waals surface area (Å²) in [6, 6.07) is 20.0. The van der Waals surface area contributed by atoms with Crippen LogP contribution in [0.5, 0.6) is 0 Å². The molecule has 0 saturated heterocycles. The standard InChI is InChI=1S/C34H29N3O3/c1-33(2)26-19-23(20-34(3)31(38)24-15-10-18-35-28(24)32(34)39)40-29(26)25-16-17-27(36-30(25)33)37(21-11-6-4-7-12-21)22-13-8-5-9-14-22/h4-13,15-19,22H,14,20H2,1-3H3. The molecule has 0 fully saturated rings. The number of hydrogen-bond acceptors (Lipinski definition) is 6. The maximum atomic E-state index is 13.3. The summed E-state index contributed by atoms with van der Waals surface area (Å²) in [6.07, 6.45) is 11.2. The number of pyridine rings is 2. The first-order chi connectivity index (χ1) is 19.3. The molecule has 3 aliphatic carbocycles. The smallest absolute Gasteiger partial charge is 0.195 e. The van der Waals surface area contributed by atoms with Crippen LogP contribution in [0.1, 0.15) is 65.1 Å². The van der Waals surface area contributed by atoms with E-state index in [-0.39, 0.29) is 29.7 Å². The van der Waals surface area contributed by atoms with E-state index in [2.05, 4.69) is 72.3 Å². The number of fused-ring (bicyclic) bond motifs is 4. The number of allylic oxidation sites excluding steroid dienone is 2. The van der Waals surface area contributed by atoms with Gasteiger partial charge < -0.3 is 9.32 Å². The largest absolute Gasteiger partial charge is 0.461 e. The lowest BCUT2D eigenvalue weighted by Gasteiger charge is -2.32. The van der Waals surface area contributed by atoms with Gasteiger partial charge in [0.1, 0.15) is 28.4 Å². The Kier molecular flexibility index (Phi) is 5.33. The summed E-state index contributed by atoms with van der Waals surface area (Å²) in [7, 11) is 0. The van der Waals surface area contributed by atoms with Gasteiger partial charge in [0.2, 0.25) is 0 Å². The number of ketones is 2. The molecule has 1 aromatic carbocycles. The second kappa shape index (κ2) is 8.71. The van der Waals surface area contributed by atoms with Crippen LogP contribution < -0.4 is 4.90 Å². The van der Waals surface area contributed by atoms with Crippen LogP contribution in [0.15, 0.2) is 95.6 Å². The summed E-state index contributed by atoms with van der Waals surface area (Å²) in [5.41, 5.74) is 3.01. The second-order valence-corrected chi connectivity index (χ2v) is 11.5. The minimum absolute atomic E-state index is 0.158. The topological polar surface area (TPSA) is 76.3 Å². The number of carbonyl (C=O) groups is 2. The summed E-state index contributed by atoms with van der Waals surface area (Å²) in [5, 5.41) is 0. The molecule has 0 bridgehead atoms. The van der Waals surface area contributed by atoms with E-state index in [9.17, 15) is 9.59 Å². The number of anilines is 2. The van der Waals surface area contributed by atoms with E-state index in [1.807, 2.05) is 24.3 Å². The van der Waals surface area contributed by atoms with Crippen molar-refractivity contribution < 1.29 is 14.0 Å². The van der Waals surface area contributed by atoms with E-state index in [1.165, 1.54) is 0 Å². The molecule has 2 unspecified atom stereocenters. The van der Waals surface area contributed by atoms with Gasteiger partial charge >= 0.3 is 0 Å². The molecule has 0 radical (unpaired) electrons. The van der Waals surface area contributed by atoms with Crippen LogP contribution in [-0.4, -0.2) is 27.6 Å². The summed E-state index contributed by atoms with van der Waals surface area (Å²) in [4.78, 5) is 38.2. The van der Waals surface area contributed by atoms with E-state index in [0.717, 1.165) is 40.5 Å². The van der Waals surface area contributed by atoms with Gasteiger partial charge in [-0.3, -0.25) is 14.6 Å². The maximum Gasteiger partial charge on any atom is 0.195 e. The van der Waals surface area contributed by atoms with Crippen LogP contribution >= 0.6 is 0 Å². The van der Waals surface area contributed by atoms with Crippen molar-refractivity contribution in [2.75, 3.05) is 4.90 Å². The second-order valence-electron chi connectivity index (χ2n) is 11.5. The van der Waals surface area contributed by atoms with Gasteiger partial charge in [-0.25, -0.2) is 4.98 Å². The molecule has 2 atom stereocenters. The van der Waals surface area contributed by atoms with E-state index in [0.29, 0.717) is 11.3 Å². The van der Waals surface area contributed by atoms with Crippen molar-refractivity contribution in [3.8, 4) is 11.3 Å². The van der Waals surface area contributed by atoms with Crippen molar-refractivity contribution >= 4 is 23.1 Å². The molecular weight excluding hydrogens is 498 g/mol. The molecule has 4 aromatic rings. The number of furan rings is 1. The molecule has 198 valence electrons. The lowest BCUT2D eigenvalue weighted by atomic mass is 9.80. The summed E-state index contributed by atoms with van der Waals surface area (Å²) in [6.45, 7) is 6.00. The molecule has 7 rings (SSSR count). The summed E-state index contributed by atoms with van der Waals surface area (Å²) < 4.78 is 6.41. The van der Waals surface area contributed by atoms with Gasteiger partial charge in [-0.2, -0.15) is 0 Å². The lowest BCUT2D eigenvalue weighted by Crippen LogP contribution is -2.32. The van der Waals surface area contributed by atoms with E-state index in [1.54, 1.807) is 25.3 Å². The number of benzene rings is 1. The highest BCUT2D eigenvalue weighted by atomic mass is 16.3. The number of Topliss-reactive ketones (excluding diaryl/α,β-unsaturated/α-hetero) is 2. The van der Waals surface area contributed by atoms with Crippen molar-refractivity contribution in [2.24, 2.45) is 5.41 Å². The molecule has 6 nitrogen and oxygen atoms in total. The van der Waals surface area contributed by atoms with Crippen LogP contribution in [0.4, 0.5) is 11.5 Å². The Balaban J connectivity index is 1.25. The molecular formula is C34H29N3O3. The first-order valence-corrected chi connectivity index (χ1v) is 13.7. The Morgan fingerprint density at radius 1 is 0.950 bits per heavy atom. The molecule has 0 aliphatic heterocycles. The SMILES string of the molecule is CC1(Cc2cc3c(o2)-c2ccc(N(c4ccccc4)C4C=CC=CC4)nc2C3(C)C)C(=O)c2cccnc2C1=O. The van der Waals surface area contributed by atoms with Gasteiger partial charge in [0, 0.05) is 40.4 Å². The monoisotopic (exact) mass is 527 g/mol. The van der Waals surface area contributed by atoms with Gasteiger partial charge in [0.15, 0.2) is 11.6 Å². The molecule has 0 amide bonds. The number of carbonyl (C=O) groups excluding carboxylic acids is 2. The highest BCUT2D eigenvalue weighted by Crippen LogP contribution is 2.51. The Hall–Kier alpha value is -4.58. The third-order valence-electron chi connectivity index (χ3n) is 8.54. The fourth-order valence-corrected chi connectivity index (χ4v) is 6.35. The first kappa shape index (κ1) is 24.5. The van der Waals surface area contributed by atoms with Crippen molar-refractivity contribution in [1.29, 1.82) is 0 Å². The molecule has 0 saturated carbocycles. The Labute approximate surface area is 233 Å². The van der Waals surface area contributed by atoms with E-state index < -0.39 is 10.8 Å². The predicted molar refractivity (Wildman–Crippen MR) is 154 cm³/mol. The zero-order valence-electron chi connectivity index (χ0n) is 22.7. The molecule has 6 heteroatoms. The summed E-state index contributed by atoms with van der Waals surface area (Å²) in [5.74, 6) is 1.82. The highest BCUT2D eigenvalue weighted by Gasteiger charge is 2.51. The number of nitrogens with zero attached hydrogens (tertiary/aromatic N) is 3. The van der Waals surface area contributed by atoms with Crippen molar-refractivity contribution in [3.05, 3.63) is 119 Å². The normalized spacial score (nSPS) is 21.8. The highest BCUT2D eigenvalue weighted by molar-refractivity contribution is 6.28. The van der Waals surface area contributed by atoms with Crippen molar-refractivity contribution in [1.82, 2.24) is 9.97 Å². The van der Waals surface area contributed by atoms with Crippen LogP contribution in [0, 0.1) is 5.41 Å². The molecule has 3 aliphatic rings. The van der Waals surface area contributed by atoms with Crippen LogP contribution in [0.25, 0.3) is 11.3 Å². The predicted octanol–water partition coefficient (Wildman–Crippen LogP) is 7.03. The molecule has 3 aromatic heterocycles. The van der Waals surface area contributed by atoms with E-state index >= 15 is 0 Å². The fourth-order valence-electron chi connectivity index (χ4n) is 6.35. The Bertz CT molecular complexity index is 1710.